The molecule has 2 atom stereocenters. The van der Waals surface area contributed by atoms with E-state index in [0.29, 0.717) is 19.4 Å². The Hall–Kier alpha value is -1.63. The average molecular weight is 240 g/mol. The first-order valence-electron chi connectivity index (χ1n) is 5.66. The number of nitrogens with one attached hydrogen (secondary N) is 2. The lowest BCUT2D eigenvalue weighted by atomic mass is 9.99. The maximum absolute atomic E-state index is 11.9. The largest absolute Gasteiger partial charge is 0.338 e. The summed E-state index contributed by atoms with van der Waals surface area (Å²) in [5.74, 6) is -0.527. The fraction of sp³-hybridized carbons (Fsp3) is 0.700. The van der Waals surface area contributed by atoms with Gasteiger partial charge in [-0.25, -0.2) is 4.79 Å². The van der Waals surface area contributed by atoms with E-state index in [0.717, 1.165) is 0 Å². The number of nitrogens with zero attached hydrogens (tertiary/aromatic N) is 1. The standard InChI is InChI=1S/C10H16N4O3/c1-2-6(11)7(15)14-4-3-10(5-14)8(16)12-9(17)13-10/h6H,2-5,11H2,1H3,(H2,12,13,16,17)/t6-,10?/m1/s1. The van der Waals surface area contributed by atoms with Crippen molar-refractivity contribution in [1.82, 2.24) is 15.5 Å². The van der Waals surface area contributed by atoms with Crippen LogP contribution in [-0.4, -0.2) is 47.4 Å². The van der Waals surface area contributed by atoms with Crippen LogP contribution >= 0.6 is 0 Å². The molecule has 4 N–H and O–H groups in total. The molecule has 2 aliphatic heterocycles. The molecule has 2 fully saturated rings. The van der Waals surface area contributed by atoms with Gasteiger partial charge in [-0.05, 0) is 12.8 Å². The van der Waals surface area contributed by atoms with Gasteiger partial charge < -0.3 is 16.0 Å². The Kier molecular flexibility index (Phi) is 2.78. The Morgan fingerprint density at radius 2 is 2.29 bits per heavy atom. The summed E-state index contributed by atoms with van der Waals surface area (Å²) in [6, 6.07) is -1.03. The maximum atomic E-state index is 11.9. The summed E-state index contributed by atoms with van der Waals surface area (Å²) in [4.78, 5) is 36.2. The summed E-state index contributed by atoms with van der Waals surface area (Å²) in [5, 5.41) is 4.78. The van der Waals surface area contributed by atoms with Gasteiger partial charge in [0.15, 0.2) is 0 Å². The molecule has 0 bridgehead atoms. The maximum Gasteiger partial charge on any atom is 0.322 e. The molecule has 2 rings (SSSR count). The third kappa shape index (κ3) is 1.86. The van der Waals surface area contributed by atoms with Gasteiger partial charge in [-0.3, -0.25) is 14.9 Å². The van der Waals surface area contributed by atoms with Crippen LogP contribution in [0, 0.1) is 0 Å². The minimum Gasteiger partial charge on any atom is -0.338 e. The molecule has 0 aliphatic carbocycles. The normalized spacial score (nSPS) is 29.4. The molecule has 2 aliphatic rings. The van der Waals surface area contributed by atoms with Crippen LogP contribution in [0.25, 0.3) is 0 Å². The van der Waals surface area contributed by atoms with Crippen molar-refractivity contribution in [3.05, 3.63) is 0 Å². The van der Waals surface area contributed by atoms with E-state index in [2.05, 4.69) is 10.6 Å². The van der Waals surface area contributed by atoms with Crippen LogP contribution in [0.4, 0.5) is 4.79 Å². The third-order valence-electron chi connectivity index (χ3n) is 3.35. The van der Waals surface area contributed by atoms with Crippen LogP contribution in [0.3, 0.4) is 0 Å². The second-order valence-corrected chi connectivity index (χ2v) is 4.51. The summed E-state index contributed by atoms with van der Waals surface area (Å²) in [7, 11) is 0. The van der Waals surface area contributed by atoms with Crippen LogP contribution in [0.15, 0.2) is 0 Å². The molecule has 7 nitrogen and oxygen atoms in total. The topological polar surface area (TPSA) is 105 Å². The number of likely N-dealkylation sites (tertiary alicyclic amines) is 1. The van der Waals surface area contributed by atoms with Crippen LogP contribution in [0.1, 0.15) is 19.8 Å². The Balaban J connectivity index is 2.07. The number of carbonyl (C=O) groups excluding carboxylic acids is 3. The SMILES string of the molecule is CC[C@@H](N)C(=O)N1CCC2(C1)NC(=O)NC2=O. The Labute approximate surface area is 98.7 Å². The molecule has 0 aromatic rings. The highest BCUT2D eigenvalue weighted by Crippen LogP contribution is 2.25. The molecule has 0 aromatic heterocycles. The van der Waals surface area contributed by atoms with E-state index >= 15 is 0 Å². The van der Waals surface area contributed by atoms with E-state index in [1.165, 1.54) is 0 Å². The highest BCUT2D eigenvalue weighted by Gasteiger charge is 2.51. The molecule has 7 heteroatoms. The van der Waals surface area contributed by atoms with E-state index in [-0.39, 0.29) is 18.4 Å². The van der Waals surface area contributed by atoms with Crippen molar-refractivity contribution in [3.63, 3.8) is 0 Å². The Morgan fingerprint density at radius 1 is 1.59 bits per heavy atom. The number of nitrogens with two attached hydrogens (primary N) is 1. The van der Waals surface area contributed by atoms with E-state index in [1.54, 1.807) is 4.90 Å². The molecule has 0 radical (unpaired) electrons. The average Bonchev–Trinajstić information content (AvgIpc) is 2.83. The van der Waals surface area contributed by atoms with E-state index in [4.69, 9.17) is 5.73 Å². The lowest BCUT2D eigenvalue weighted by Crippen LogP contribution is -2.51. The summed E-state index contributed by atoms with van der Waals surface area (Å²) in [5.41, 5.74) is 4.72. The van der Waals surface area contributed by atoms with E-state index in [1.807, 2.05) is 6.92 Å². The molecule has 1 spiro atoms. The Morgan fingerprint density at radius 3 is 2.82 bits per heavy atom. The molecule has 2 saturated heterocycles. The van der Waals surface area contributed by atoms with Crippen molar-refractivity contribution in [2.45, 2.75) is 31.3 Å². The predicted molar refractivity (Wildman–Crippen MR) is 58.9 cm³/mol. The van der Waals surface area contributed by atoms with Gasteiger partial charge in [0.1, 0.15) is 5.54 Å². The van der Waals surface area contributed by atoms with Gasteiger partial charge in [-0.1, -0.05) is 6.92 Å². The summed E-state index contributed by atoms with van der Waals surface area (Å²) < 4.78 is 0. The number of carbonyl (C=O) groups is 3. The van der Waals surface area contributed by atoms with Gasteiger partial charge in [0.05, 0.1) is 12.6 Å². The number of rotatable bonds is 2. The fourth-order valence-corrected chi connectivity index (χ4v) is 2.22. The zero-order valence-corrected chi connectivity index (χ0v) is 9.66. The first-order valence-corrected chi connectivity index (χ1v) is 5.66. The van der Waals surface area contributed by atoms with E-state index in [9.17, 15) is 14.4 Å². The fourth-order valence-electron chi connectivity index (χ4n) is 2.22. The van der Waals surface area contributed by atoms with Gasteiger partial charge in [0.2, 0.25) is 5.91 Å². The highest BCUT2D eigenvalue weighted by molar-refractivity contribution is 6.07. The van der Waals surface area contributed by atoms with Crippen LogP contribution in [0.2, 0.25) is 0 Å². The lowest BCUT2D eigenvalue weighted by Gasteiger charge is -2.22. The minimum absolute atomic E-state index is 0.168. The summed E-state index contributed by atoms with van der Waals surface area (Å²) in [6.07, 6.45) is 0.994. The van der Waals surface area contributed by atoms with Crippen LogP contribution in [-0.2, 0) is 9.59 Å². The molecule has 0 aromatic carbocycles. The molecular formula is C10H16N4O3. The van der Waals surface area contributed by atoms with Crippen molar-refractivity contribution >= 4 is 17.8 Å². The Bertz CT molecular complexity index is 384. The van der Waals surface area contributed by atoms with Crippen molar-refractivity contribution < 1.29 is 14.4 Å². The zero-order chi connectivity index (χ0) is 12.6. The van der Waals surface area contributed by atoms with Gasteiger partial charge in [-0.2, -0.15) is 0 Å². The lowest BCUT2D eigenvalue weighted by molar-refractivity contribution is -0.132. The monoisotopic (exact) mass is 240 g/mol. The molecule has 2 heterocycles. The van der Waals surface area contributed by atoms with Gasteiger partial charge in [0, 0.05) is 6.54 Å². The highest BCUT2D eigenvalue weighted by atomic mass is 16.2. The van der Waals surface area contributed by atoms with Crippen molar-refractivity contribution in [2.24, 2.45) is 5.73 Å². The number of hydrogen-bond acceptors (Lipinski definition) is 4. The van der Waals surface area contributed by atoms with Crippen LogP contribution in [0.5, 0.6) is 0 Å². The zero-order valence-electron chi connectivity index (χ0n) is 9.66. The smallest absolute Gasteiger partial charge is 0.322 e. The number of hydrogen-bond donors (Lipinski definition) is 3. The minimum atomic E-state index is -0.944. The predicted octanol–water partition coefficient (Wildman–Crippen LogP) is -1.47. The summed E-state index contributed by atoms with van der Waals surface area (Å²) >= 11 is 0. The molecule has 94 valence electrons. The van der Waals surface area contributed by atoms with Crippen LogP contribution < -0.4 is 16.4 Å². The molecule has 17 heavy (non-hydrogen) atoms. The quantitative estimate of drug-likeness (QED) is 0.513. The van der Waals surface area contributed by atoms with Gasteiger partial charge >= 0.3 is 6.03 Å². The second kappa shape index (κ2) is 3.99. The molecule has 0 saturated carbocycles. The number of urea groups is 1. The third-order valence-corrected chi connectivity index (χ3v) is 3.35. The van der Waals surface area contributed by atoms with Crippen molar-refractivity contribution in [3.8, 4) is 0 Å². The molecule has 1 unspecified atom stereocenters. The molecule has 4 amide bonds. The number of imide groups is 1. The van der Waals surface area contributed by atoms with Crippen molar-refractivity contribution in [1.29, 1.82) is 0 Å². The summed E-state index contributed by atoms with van der Waals surface area (Å²) in [6.45, 7) is 2.48. The van der Waals surface area contributed by atoms with Crippen molar-refractivity contribution in [2.75, 3.05) is 13.1 Å². The van der Waals surface area contributed by atoms with Gasteiger partial charge in [0.25, 0.3) is 5.91 Å². The molecular weight excluding hydrogens is 224 g/mol. The van der Waals surface area contributed by atoms with E-state index < -0.39 is 17.6 Å². The number of amides is 4. The second-order valence-electron chi connectivity index (χ2n) is 4.51. The van der Waals surface area contributed by atoms with Gasteiger partial charge in [-0.15, -0.1) is 0 Å². The first kappa shape index (κ1) is 11.8. The first-order chi connectivity index (χ1) is 7.98.